The first-order chi connectivity index (χ1) is 7.25. The quantitative estimate of drug-likeness (QED) is 0.364. The predicted octanol–water partition coefficient (Wildman–Crippen LogP) is 1.10. The van der Waals surface area contributed by atoms with Crippen LogP contribution in [-0.4, -0.2) is 20.5 Å². The summed E-state index contributed by atoms with van der Waals surface area (Å²) in [7, 11) is -0.751. The number of hydrogen-bond donors (Lipinski definition) is 0. The molecule has 3 aliphatic heterocycles. The van der Waals surface area contributed by atoms with Crippen LogP contribution in [0.3, 0.4) is 0 Å². The third-order valence-electron chi connectivity index (χ3n) is 2.80. The molecular weight excluding hydrogens is 195 g/mol. The first-order valence-corrected chi connectivity index (χ1v) is 4.68. The lowest BCUT2D eigenvalue weighted by atomic mass is 9.78. The van der Waals surface area contributed by atoms with E-state index in [1.807, 2.05) is 13.0 Å². The topological polar surface area (TPSA) is 55.8 Å². The van der Waals surface area contributed by atoms with E-state index in [-0.39, 0.29) is 5.70 Å². The van der Waals surface area contributed by atoms with Crippen LogP contribution in [0.15, 0.2) is 11.5 Å². The van der Waals surface area contributed by atoms with Gasteiger partial charge in [0.05, 0.1) is 18.1 Å². The van der Waals surface area contributed by atoms with Crippen LogP contribution in [0.1, 0.15) is 13.3 Å². The van der Waals surface area contributed by atoms with E-state index in [1.165, 1.54) is 0 Å². The van der Waals surface area contributed by atoms with Crippen molar-refractivity contribution in [3.8, 4) is 6.07 Å². The zero-order valence-corrected chi connectivity index (χ0v) is 8.32. The van der Waals surface area contributed by atoms with Crippen LogP contribution < -0.4 is 0 Å². The summed E-state index contributed by atoms with van der Waals surface area (Å²) in [5.41, 5.74) is -0.446. The summed E-state index contributed by atoms with van der Waals surface area (Å²) < 4.78 is 15.8. The van der Waals surface area contributed by atoms with Gasteiger partial charge in [0, 0.05) is 13.2 Å². The van der Waals surface area contributed by atoms with Crippen LogP contribution in [0.4, 0.5) is 0 Å². The van der Waals surface area contributed by atoms with Crippen LogP contribution in [0.2, 0.25) is 0 Å². The Morgan fingerprint density at radius 1 is 1.67 bits per heavy atom. The van der Waals surface area contributed by atoms with E-state index in [9.17, 15) is 0 Å². The highest BCUT2D eigenvalue weighted by Crippen LogP contribution is 2.43. The van der Waals surface area contributed by atoms with Gasteiger partial charge in [-0.05, 0) is 6.42 Å². The Bertz CT molecular complexity index is 369. The molecule has 0 aromatic carbocycles. The molecule has 3 rings (SSSR count). The van der Waals surface area contributed by atoms with Crippen LogP contribution in [-0.2, 0) is 14.0 Å². The fraction of sp³-hybridized carbons (Fsp3) is 0.556. The largest absolute Gasteiger partial charge is 0.712 e. The SMILES string of the molecule is [C-]#[N+]/C(C#N)=C1/OB2OCC1(CC)CO2. The maximum atomic E-state index is 8.83. The second-order valence-electron chi connectivity index (χ2n) is 3.56. The van der Waals surface area contributed by atoms with Crippen LogP contribution in [0, 0.1) is 23.3 Å². The lowest BCUT2D eigenvalue weighted by molar-refractivity contribution is -0.0779. The standard InChI is InChI=1S/C9H9BN2O3/c1-3-9-5-13-10(14-6-9)15-8(9)7(4-11)12-2/h3,5-6H2,1H3/b8-7+. The van der Waals surface area contributed by atoms with Crippen LogP contribution >= 0.6 is 0 Å². The molecule has 2 bridgehead atoms. The molecule has 0 saturated carbocycles. The van der Waals surface area contributed by atoms with Gasteiger partial charge in [-0.3, -0.25) is 0 Å². The van der Waals surface area contributed by atoms with Crippen LogP contribution in [0.5, 0.6) is 0 Å². The summed E-state index contributed by atoms with van der Waals surface area (Å²) in [5, 5.41) is 8.83. The van der Waals surface area contributed by atoms with Crippen LogP contribution in [0.25, 0.3) is 4.85 Å². The molecule has 15 heavy (non-hydrogen) atoms. The summed E-state index contributed by atoms with van der Waals surface area (Å²) in [6.07, 6.45) is 0.718. The highest BCUT2D eigenvalue weighted by molar-refractivity contribution is 6.37. The van der Waals surface area contributed by atoms with Crippen molar-refractivity contribution in [2.45, 2.75) is 13.3 Å². The summed E-state index contributed by atoms with van der Waals surface area (Å²) in [6, 6.07) is 1.85. The fourth-order valence-electron chi connectivity index (χ4n) is 1.76. The number of allylic oxidation sites excluding steroid dienone is 1. The maximum Gasteiger partial charge on any atom is 0.712 e. The monoisotopic (exact) mass is 204 g/mol. The molecule has 6 heteroatoms. The number of nitriles is 1. The molecule has 0 unspecified atom stereocenters. The molecule has 0 radical (unpaired) electrons. The second-order valence-corrected chi connectivity index (χ2v) is 3.56. The van der Waals surface area contributed by atoms with Crippen molar-refractivity contribution in [1.82, 2.24) is 0 Å². The maximum absolute atomic E-state index is 8.83. The molecule has 0 spiro atoms. The molecule has 0 N–H and O–H groups in total. The molecule has 0 aromatic heterocycles. The Morgan fingerprint density at radius 3 is 2.80 bits per heavy atom. The van der Waals surface area contributed by atoms with E-state index in [4.69, 9.17) is 25.8 Å². The van der Waals surface area contributed by atoms with Crippen molar-refractivity contribution >= 4 is 7.32 Å². The number of hydrogen-bond acceptors (Lipinski definition) is 4. The molecule has 5 nitrogen and oxygen atoms in total. The molecule has 0 amide bonds. The summed E-state index contributed by atoms with van der Waals surface area (Å²) in [4.78, 5) is 3.17. The lowest BCUT2D eigenvalue weighted by Crippen LogP contribution is -2.53. The first-order valence-electron chi connectivity index (χ1n) is 4.68. The van der Waals surface area contributed by atoms with E-state index in [2.05, 4.69) is 4.85 Å². The third-order valence-corrected chi connectivity index (χ3v) is 2.80. The van der Waals surface area contributed by atoms with Crippen molar-refractivity contribution in [3.63, 3.8) is 0 Å². The highest BCUT2D eigenvalue weighted by Gasteiger charge is 2.52. The summed E-state index contributed by atoms with van der Waals surface area (Å²) in [5.74, 6) is 0.435. The first kappa shape index (κ1) is 10.0. The molecular formula is C9H9BN2O3. The van der Waals surface area contributed by atoms with Crippen molar-refractivity contribution in [3.05, 3.63) is 22.9 Å². The number of fused-ring (bicyclic) bond motifs is 3. The fourth-order valence-corrected chi connectivity index (χ4v) is 1.76. The van der Waals surface area contributed by atoms with E-state index in [1.54, 1.807) is 0 Å². The van der Waals surface area contributed by atoms with Gasteiger partial charge >= 0.3 is 7.32 Å². The van der Waals surface area contributed by atoms with E-state index >= 15 is 0 Å². The minimum absolute atomic E-state index is 0.00782. The average molecular weight is 204 g/mol. The van der Waals surface area contributed by atoms with Gasteiger partial charge < -0.3 is 14.0 Å². The number of rotatable bonds is 1. The van der Waals surface area contributed by atoms with Crippen molar-refractivity contribution in [2.75, 3.05) is 13.2 Å². The molecule has 3 saturated heterocycles. The van der Waals surface area contributed by atoms with Gasteiger partial charge in [0.25, 0.3) is 5.70 Å². The average Bonchev–Trinajstić information content (AvgIpc) is 2.32. The van der Waals surface area contributed by atoms with E-state index in [0.717, 1.165) is 6.42 Å². The Labute approximate surface area is 88.2 Å². The van der Waals surface area contributed by atoms with E-state index in [0.29, 0.717) is 19.0 Å². The normalized spacial score (nSPS) is 25.1. The van der Waals surface area contributed by atoms with Crippen molar-refractivity contribution < 1.29 is 14.0 Å². The Morgan fingerprint density at radius 2 is 2.33 bits per heavy atom. The second kappa shape index (κ2) is 3.58. The number of nitrogens with zero attached hydrogens (tertiary/aromatic N) is 2. The van der Waals surface area contributed by atoms with E-state index < -0.39 is 12.7 Å². The zero-order chi connectivity index (χ0) is 10.9. The Hall–Kier alpha value is -1.50. The minimum atomic E-state index is -0.751. The molecule has 0 aliphatic carbocycles. The Balaban J connectivity index is 2.46. The molecule has 3 aliphatic rings. The molecule has 3 fully saturated rings. The van der Waals surface area contributed by atoms with Gasteiger partial charge in [0.1, 0.15) is 5.76 Å². The highest BCUT2D eigenvalue weighted by atomic mass is 16.8. The lowest BCUT2D eigenvalue weighted by Gasteiger charge is -2.45. The smallest absolute Gasteiger partial charge is 0.522 e. The van der Waals surface area contributed by atoms with Gasteiger partial charge in [-0.25, -0.2) is 10.1 Å². The molecule has 76 valence electrons. The molecule has 0 aromatic rings. The van der Waals surface area contributed by atoms with Gasteiger partial charge in [-0.2, -0.15) is 0 Å². The predicted molar refractivity (Wildman–Crippen MR) is 50.7 cm³/mol. The zero-order valence-electron chi connectivity index (χ0n) is 8.32. The van der Waals surface area contributed by atoms with Gasteiger partial charge in [0.15, 0.2) is 0 Å². The molecule has 0 atom stereocenters. The van der Waals surface area contributed by atoms with Gasteiger partial charge in [0.2, 0.25) is 0 Å². The third kappa shape index (κ3) is 1.39. The molecule has 3 heterocycles. The van der Waals surface area contributed by atoms with Crippen molar-refractivity contribution in [1.29, 1.82) is 5.26 Å². The van der Waals surface area contributed by atoms with Gasteiger partial charge in [-0.1, -0.05) is 6.92 Å². The summed E-state index contributed by atoms with van der Waals surface area (Å²) in [6.45, 7) is 9.78. The Kier molecular flexibility index (Phi) is 2.40. The van der Waals surface area contributed by atoms with Crippen molar-refractivity contribution in [2.24, 2.45) is 5.41 Å². The summed E-state index contributed by atoms with van der Waals surface area (Å²) >= 11 is 0. The minimum Gasteiger partial charge on any atom is -0.522 e. The van der Waals surface area contributed by atoms with Gasteiger partial charge in [-0.15, -0.1) is 0 Å².